The zero-order valence-corrected chi connectivity index (χ0v) is 14.7. The predicted molar refractivity (Wildman–Crippen MR) is 90.6 cm³/mol. The molecule has 1 fully saturated rings. The maximum atomic E-state index is 12.6. The Morgan fingerprint density at radius 3 is 2.75 bits per heavy atom. The van der Waals surface area contributed by atoms with Gasteiger partial charge in [-0.25, -0.2) is 8.42 Å². The van der Waals surface area contributed by atoms with E-state index in [2.05, 4.69) is 10.1 Å². The molecule has 0 amide bonds. The van der Waals surface area contributed by atoms with E-state index >= 15 is 0 Å². The second-order valence-corrected chi connectivity index (χ2v) is 8.51. The summed E-state index contributed by atoms with van der Waals surface area (Å²) >= 11 is 7.55. The number of nitrogens with zero attached hydrogens (tertiary/aromatic N) is 3. The molecule has 24 heavy (non-hydrogen) atoms. The Balaban J connectivity index is 1.50. The first-order valence-electron chi connectivity index (χ1n) is 7.16. The van der Waals surface area contributed by atoms with Gasteiger partial charge >= 0.3 is 0 Å². The minimum absolute atomic E-state index is 0.0952. The van der Waals surface area contributed by atoms with Crippen LogP contribution in [0.4, 0.5) is 0 Å². The van der Waals surface area contributed by atoms with Crippen LogP contribution in [-0.4, -0.2) is 36.0 Å². The topological polar surface area (TPSA) is 76.3 Å². The van der Waals surface area contributed by atoms with Crippen LogP contribution in [0.3, 0.4) is 0 Å². The third-order valence-corrected chi connectivity index (χ3v) is 6.89. The van der Waals surface area contributed by atoms with Crippen molar-refractivity contribution in [1.82, 2.24) is 14.4 Å². The molecule has 0 unspecified atom stereocenters. The number of aromatic nitrogens is 2. The Hall–Kier alpha value is -1.74. The van der Waals surface area contributed by atoms with Crippen molar-refractivity contribution in [3.63, 3.8) is 0 Å². The Kier molecular flexibility index (Phi) is 3.92. The lowest BCUT2D eigenvalue weighted by Crippen LogP contribution is -2.48. The lowest BCUT2D eigenvalue weighted by atomic mass is 10.0. The first-order chi connectivity index (χ1) is 11.6. The van der Waals surface area contributed by atoms with Gasteiger partial charge < -0.3 is 4.52 Å². The molecule has 0 spiro atoms. The molecule has 0 saturated carbocycles. The van der Waals surface area contributed by atoms with Crippen LogP contribution >= 0.6 is 22.9 Å². The monoisotopic (exact) mass is 381 g/mol. The van der Waals surface area contributed by atoms with E-state index in [-0.39, 0.29) is 15.8 Å². The van der Waals surface area contributed by atoms with E-state index in [1.807, 2.05) is 16.8 Å². The smallest absolute Gasteiger partial charge is 0.244 e. The number of hydrogen-bond acceptors (Lipinski definition) is 6. The number of hydrogen-bond donors (Lipinski definition) is 0. The zero-order chi connectivity index (χ0) is 16.7. The van der Waals surface area contributed by atoms with Gasteiger partial charge in [-0.15, -0.1) is 0 Å². The lowest BCUT2D eigenvalue weighted by molar-refractivity contribution is 0.217. The molecule has 2 aromatic heterocycles. The van der Waals surface area contributed by atoms with Gasteiger partial charge in [-0.2, -0.15) is 20.6 Å². The molecule has 0 bridgehead atoms. The van der Waals surface area contributed by atoms with Crippen molar-refractivity contribution < 1.29 is 12.9 Å². The van der Waals surface area contributed by atoms with E-state index in [1.165, 1.54) is 10.4 Å². The van der Waals surface area contributed by atoms with Gasteiger partial charge in [0.05, 0.1) is 10.9 Å². The summed E-state index contributed by atoms with van der Waals surface area (Å²) in [6, 6.07) is 8.34. The van der Waals surface area contributed by atoms with Crippen molar-refractivity contribution >= 4 is 33.0 Å². The van der Waals surface area contributed by atoms with Crippen LogP contribution in [0.15, 0.2) is 50.5 Å². The average Bonchev–Trinajstić information content (AvgIpc) is 3.16. The Morgan fingerprint density at radius 1 is 1.25 bits per heavy atom. The molecule has 0 aliphatic carbocycles. The molecule has 4 rings (SSSR count). The van der Waals surface area contributed by atoms with Gasteiger partial charge in [-0.1, -0.05) is 28.9 Å². The van der Waals surface area contributed by atoms with Crippen LogP contribution in [0.2, 0.25) is 5.02 Å². The minimum Gasteiger partial charge on any atom is -0.339 e. The SMILES string of the molecule is O=S(=O)(c1ccccc1Cl)N1CC(c2nc(-c3ccsc3)no2)C1. The van der Waals surface area contributed by atoms with E-state index in [0.717, 1.165) is 5.56 Å². The summed E-state index contributed by atoms with van der Waals surface area (Å²) in [6.45, 7) is 0.609. The molecule has 6 nitrogen and oxygen atoms in total. The van der Waals surface area contributed by atoms with E-state index in [9.17, 15) is 8.42 Å². The number of thiophene rings is 1. The second kappa shape index (κ2) is 5.96. The largest absolute Gasteiger partial charge is 0.339 e. The molecule has 1 aromatic carbocycles. The van der Waals surface area contributed by atoms with Gasteiger partial charge in [-0.05, 0) is 23.6 Å². The first kappa shape index (κ1) is 15.8. The van der Waals surface area contributed by atoms with E-state index in [0.29, 0.717) is 24.8 Å². The van der Waals surface area contributed by atoms with Gasteiger partial charge in [-0.3, -0.25) is 0 Å². The Bertz CT molecular complexity index is 964. The van der Waals surface area contributed by atoms with Crippen molar-refractivity contribution in [2.24, 2.45) is 0 Å². The van der Waals surface area contributed by atoms with Crippen molar-refractivity contribution in [3.05, 3.63) is 52.0 Å². The molecule has 9 heteroatoms. The zero-order valence-electron chi connectivity index (χ0n) is 12.3. The summed E-state index contributed by atoms with van der Waals surface area (Å²) in [5.74, 6) is 0.891. The molecule has 124 valence electrons. The fourth-order valence-electron chi connectivity index (χ4n) is 2.49. The fourth-order valence-corrected chi connectivity index (χ4v) is 5.15. The van der Waals surface area contributed by atoms with Crippen molar-refractivity contribution in [3.8, 4) is 11.4 Å². The Labute approximate surface area is 147 Å². The van der Waals surface area contributed by atoms with Crippen molar-refractivity contribution in [1.29, 1.82) is 0 Å². The number of benzene rings is 1. The molecule has 0 radical (unpaired) electrons. The van der Waals surface area contributed by atoms with Crippen LogP contribution in [0.5, 0.6) is 0 Å². The van der Waals surface area contributed by atoms with Crippen LogP contribution in [0.25, 0.3) is 11.4 Å². The molecule has 3 aromatic rings. The van der Waals surface area contributed by atoms with Gasteiger partial charge in [0.2, 0.25) is 21.7 Å². The standard InChI is InChI=1S/C15H12ClN3O3S2/c16-12-3-1-2-4-13(12)24(20,21)19-7-11(8-19)15-17-14(18-22-15)10-5-6-23-9-10/h1-6,9,11H,7-8H2. The van der Waals surface area contributed by atoms with Crippen LogP contribution in [0, 0.1) is 0 Å². The molecule has 0 atom stereocenters. The fraction of sp³-hybridized carbons (Fsp3) is 0.200. The third-order valence-electron chi connectivity index (χ3n) is 3.87. The number of rotatable bonds is 4. The maximum absolute atomic E-state index is 12.6. The molecule has 1 aliphatic rings. The number of sulfonamides is 1. The van der Waals surface area contributed by atoms with E-state index < -0.39 is 10.0 Å². The van der Waals surface area contributed by atoms with Gasteiger partial charge in [0, 0.05) is 24.0 Å². The molecule has 3 heterocycles. The van der Waals surface area contributed by atoms with Gasteiger partial charge in [0.15, 0.2) is 0 Å². The minimum atomic E-state index is -3.60. The summed E-state index contributed by atoms with van der Waals surface area (Å²) in [5, 5.41) is 8.04. The normalized spacial score (nSPS) is 16.2. The molecular weight excluding hydrogens is 370 g/mol. The first-order valence-corrected chi connectivity index (χ1v) is 9.92. The van der Waals surface area contributed by atoms with Crippen molar-refractivity contribution in [2.75, 3.05) is 13.1 Å². The number of halogens is 1. The lowest BCUT2D eigenvalue weighted by Gasteiger charge is -2.35. The molecule has 0 N–H and O–H groups in total. The van der Waals surface area contributed by atoms with Gasteiger partial charge in [0.25, 0.3) is 0 Å². The highest BCUT2D eigenvalue weighted by Gasteiger charge is 2.41. The highest BCUT2D eigenvalue weighted by Crippen LogP contribution is 2.34. The van der Waals surface area contributed by atoms with Crippen LogP contribution in [-0.2, 0) is 10.0 Å². The average molecular weight is 382 g/mol. The van der Waals surface area contributed by atoms with Crippen LogP contribution < -0.4 is 0 Å². The third kappa shape index (κ3) is 2.65. The van der Waals surface area contributed by atoms with Crippen molar-refractivity contribution in [2.45, 2.75) is 10.8 Å². The molecule has 1 aliphatic heterocycles. The second-order valence-electron chi connectivity index (χ2n) is 5.42. The van der Waals surface area contributed by atoms with Crippen LogP contribution in [0.1, 0.15) is 11.8 Å². The summed E-state index contributed by atoms with van der Waals surface area (Å²) in [7, 11) is -3.60. The van der Waals surface area contributed by atoms with E-state index in [4.69, 9.17) is 16.1 Å². The predicted octanol–water partition coefficient (Wildman–Crippen LogP) is 3.24. The summed E-state index contributed by atoms with van der Waals surface area (Å²) in [5.41, 5.74) is 0.898. The summed E-state index contributed by atoms with van der Waals surface area (Å²) in [4.78, 5) is 4.48. The maximum Gasteiger partial charge on any atom is 0.244 e. The summed E-state index contributed by atoms with van der Waals surface area (Å²) in [6.07, 6.45) is 0. The highest BCUT2D eigenvalue weighted by molar-refractivity contribution is 7.89. The summed E-state index contributed by atoms with van der Waals surface area (Å²) < 4.78 is 31.8. The Morgan fingerprint density at radius 2 is 2.04 bits per heavy atom. The molecular formula is C15H12ClN3O3S2. The van der Waals surface area contributed by atoms with E-state index in [1.54, 1.807) is 29.5 Å². The highest BCUT2D eigenvalue weighted by atomic mass is 35.5. The quantitative estimate of drug-likeness (QED) is 0.693. The molecule has 1 saturated heterocycles. The van der Waals surface area contributed by atoms with Gasteiger partial charge in [0.1, 0.15) is 4.90 Å².